The largest absolute Gasteiger partial charge is 0.389 e. The van der Waals surface area contributed by atoms with Crippen molar-refractivity contribution >= 4 is 0 Å². The zero-order valence-corrected chi connectivity index (χ0v) is 20.6. The molecule has 1 aromatic rings. The van der Waals surface area contributed by atoms with Gasteiger partial charge >= 0.3 is 0 Å². The fraction of sp³-hybridized carbons (Fsp3) is 0.778. The van der Waals surface area contributed by atoms with Crippen LogP contribution in [0.15, 0.2) is 12.1 Å². The van der Waals surface area contributed by atoms with Gasteiger partial charge in [-0.05, 0) is 93.0 Å². The molecule has 1 saturated heterocycles. The first kappa shape index (κ1) is 22.3. The van der Waals surface area contributed by atoms with Gasteiger partial charge in [-0.2, -0.15) is 0 Å². The lowest BCUT2D eigenvalue weighted by Crippen LogP contribution is -2.72. The average molecular weight is 414 g/mol. The number of methoxy groups -OCH3 is 1. The Morgan fingerprint density at radius 3 is 2.43 bits per heavy atom. The van der Waals surface area contributed by atoms with Gasteiger partial charge in [0.15, 0.2) is 0 Å². The van der Waals surface area contributed by atoms with Crippen molar-refractivity contribution in [2.24, 2.45) is 23.2 Å². The maximum atomic E-state index is 11.9. The summed E-state index contributed by atoms with van der Waals surface area (Å²) in [6, 6.07) is 5.16. The monoisotopic (exact) mass is 413 g/mol. The van der Waals surface area contributed by atoms with Gasteiger partial charge in [-0.1, -0.05) is 39.8 Å². The van der Waals surface area contributed by atoms with Gasteiger partial charge in [0.05, 0.1) is 11.2 Å². The van der Waals surface area contributed by atoms with E-state index in [1.54, 1.807) is 5.56 Å². The summed E-state index contributed by atoms with van der Waals surface area (Å²) in [5.74, 6) is 0.921. The van der Waals surface area contributed by atoms with Crippen LogP contribution in [0.2, 0.25) is 0 Å². The molecule has 30 heavy (non-hydrogen) atoms. The highest BCUT2D eigenvalue weighted by Gasteiger charge is 2.67. The van der Waals surface area contributed by atoms with Crippen LogP contribution in [0, 0.1) is 37.0 Å². The number of fused-ring (bicyclic) bond motifs is 1. The van der Waals surface area contributed by atoms with Gasteiger partial charge < -0.3 is 15.2 Å². The van der Waals surface area contributed by atoms with Gasteiger partial charge in [0.1, 0.15) is 0 Å². The molecule has 2 aliphatic carbocycles. The Morgan fingerprint density at radius 1 is 1.17 bits per heavy atom. The summed E-state index contributed by atoms with van der Waals surface area (Å²) in [6.45, 7) is 18.9. The summed E-state index contributed by atoms with van der Waals surface area (Å²) in [6.07, 6.45) is 3.25. The van der Waals surface area contributed by atoms with Crippen LogP contribution >= 0.6 is 0 Å². The van der Waals surface area contributed by atoms with E-state index in [9.17, 15) is 5.11 Å². The highest BCUT2D eigenvalue weighted by molar-refractivity contribution is 5.50. The Kier molecular flexibility index (Phi) is 5.05. The number of piperidine rings is 1. The number of aryl methyl sites for hydroxylation is 1. The number of aliphatic hydroxyl groups is 1. The number of ether oxygens (including phenoxy) is 1. The van der Waals surface area contributed by atoms with Gasteiger partial charge in [0.2, 0.25) is 0 Å². The van der Waals surface area contributed by atoms with E-state index in [0.717, 1.165) is 25.8 Å². The summed E-state index contributed by atoms with van der Waals surface area (Å²) in [4.78, 5) is 0. The topological polar surface area (TPSA) is 41.5 Å². The lowest BCUT2D eigenvalue weighted by atomic mass is 9.41. The molecule has 7 unspecified atom stereocenters. The molecule has 1 aliphatic heterocycles. The van der Waals surface area contributed by atoms with E-state index in [0.29, 0.717) is 17.9 Å². The van der Waals surface area contributed by atoms with E-state index >= 15 is 0 Å². The van der Waals surface area contributed by atoms with E-state index in [4.69, 9.17) is 4.74 Å². The van der Waals surface area contributed by atoms with Crippen LogP contribution in [0.25, 0.3) is 0 Å². The molecule has 2 fully saturated rings. The minimum Gasteiger partial charge on any atom is -0.389 e. The molecule has 0 spiro atoms. The van der Waals surface area contributed by atoms with Crippen molar-refractivity contribution in [3.63, 3.8) is 0 Å². The third-order valence-corrected chi connectivity index (χ3v) is 10.3. The minimum absolute atomic E-state index is 0.0807. The predicted octanol–water partition coefficient (Wildman–Crippen LogP) is 4.93. The summed E-state index contributed by atoms with van der Waals surface area (Å²) in [5, 5.41) is 15.8. The van der Waals surface area contributed by atoms with E-state index in [2.05, 4.69) is 72.8 Å². The molecule has 0 aromatic heterocycles. The third-order valence-electron chi connectivity index (χ3n) is 10.3. The fourth-order valence-corrected chi connectivity index (χ4v) is 7.66. The molecule has 1 heterocycles. The van der Waals surface area contributed by atoms with E-state index in [1.807, 2.05) is 7.11 Å². The Hall–Kier alpha value is -0.900. The van der Waals surface area contributed by atoms with E-state index in [-0.39, 0.29) is 22.3 Å². The first-order valence-electron chi connectivity index (χ1n) is 11.9. The minimum atomic E-state index is -0.816. The summed E-state index contributed by atoms with van der Waals surface area (Å²) < 4.78 is 6.42. The van der Waals surface area contributed by atoms with Crippen molar-refractivity contribution in [3.8, 4) is 0 Å². The van der Waals surface area contributed by atoms with Gasteiger partial charge in [-0.3, -0.25) is 0 Å². The van der Waals surface area contributed by atoms with Crippen LogP contribution in [0.1, 0.15) is 76.6 Å². The normalized spacial score (nSPS) is 40.3. The Bertz CT molecular complexity index is 838. The maximum Gasteiger partial charge on any atom is 0.0740 e. The second-order valence-electron chi connectivity index (χ2n) is 12.0. The second kappa shape index (κ2) is 6.80. The van der Waals surface area contributed by atoms with Crippen LogP contribution in [0.4, 0.5) is 0 Å². The molecule has 1 aromatic carbocycles. The summed E-state index contributed by atoms with van der Waals surface area (Å²) in [7, 11) is 1.87. The molecule has 3 nitrogen and oxygen atoms in total. The Balaban J connectivity index is 1.95. The molecule has 7 atom stereocenters. The summed E-state index contributed by atoms with van der Waals surface area (Å²) in [5.41, 5.74) is 4.69. The molecule has 2 N–H and O–H groups in total. The predicted molar refractivity (Wildman–Crippen MR) is 124 cm³/mol. The quantitative estimate of drug-likeness (QED) is 0.722. The van der Waals surface area contributed by atoms with Crippen molar-refractivity contribution in [3.05, 3.63) is 34.4 Å². The lowest BCUT2D eigenvalue weighted by Gasteiger charge is -2.67. The Labute approximate surface area is 184 Å². The average Bonchev–Trinajstić information content (AvgIpc) is 2.66. The van der Waals surface area contributed by atoms with Crippen LogP contribution in [0.3, 0.4) is 0 Å². The molecule has 4 rings (SSSR count). The molecule has 0 radical (unpaired) electrons. The van der Waals surface area contributed by atoms with E-state index in [1.165, 1.54) is 16.7 Å². The van der Waals surface area contributed by atoms with Gasteiger partial charge in [-0.25, -0.2) is 0 Å². The van der Waals surface area contributed by atoms with Crippen LogP contribution in [-0.2, 0) is 16.6 Å². The fourth-order valence-electron chi connectivity index (χ4n) is 7.66. The third kappa shape index (κ3) is 2.67. The second-order valence-corrected chi connectivity index (χ2v) is 12.0. The number of benzene rings is 1. The van der Waals surface area contributed by atoms with Crippen molar-refractivity contribution in [2.45, 2.75) is 97.3 Å². The van der Waals surface area contributed by atoms with Crippen molar-refractivity contribution in [2.75, 3.05) is 13.7 Å². The molecule has 0 amide bonds. The number of hydrogen-bond donors (Lipinski definition) is 2. The molecule has 2 bridgehead atoms. The standard InChI is InChI=1S/C27H43NO2/c1-16-10-11-19-14-21-20-15-22(26(8,29)24(4,5)6)25(7,30-9)18(3)27(20,12-13-28-21)23(19)17(16)2/h10-11,18,20-22,28-29H,12-15H2,1-9H3. The van der Waals surface area contributed by atoms with E-state index < -0.39 is 5.60 Å². The lowest BCUT2D eigenvalue weighted by molar-refractivity contribution is -0.235. The molecule has 168 valence electrons. The number of hydrogen-bond acceptors (Lipinski definition) is 3. The highest BCUT2D eigenvalue weighted by atomic mass is 16.5. The van der Waals surface area contributed by atoms with Crippen molar-refractivity contribution < 1.29 is 9.84 Å². The smallest absolute Gasteiger partial charge is 0.0740 e. The van der Waals surface area contributed by atoms with Crippen LogP contribution < -0.4 is 5.32 Å². The zero-order valence-electron chi connectivity index (χ0n) is 20.6. The van der Waals surface area contributed by atoms with Crippen LogP contribution in [0.5, 0.6) is 0 Å². The maximum absolute atomic E-state index is 11.9. The Morgan fingerprint density at radius 2 is 1.83 bits per heavy atom. The zero-order chi connectivity index (χ0) is 22.3. The number of nitrogens with one attached hydrogen (secondary N) is 1. The molecule has 3 aliphatic rings. The number of rotatable bonds is 2. The summed E-state index contributed by atoms with van der Waals surface area (Å²) >= 11 is 0. The van der Waals surface area contributed by atoms with Crippen molar-refractivity contribution in [1.29, 1.82) is 0 Å². The van der Waals surface area contributed by atoms with Crippen molar-refractivity contribution in [1.82, 2.24) is 5.32 Å². The van der Waals surface area contributed by atoms with Crippen LogP contribution in [-0.4, -0.2) is 36.0 Å². The molecule has 3 heteroatoms. The molecule has 1 saturated carbocycles. The van der Waals surface area contributed by atoms with Gasteiger partial charge in [-0.15, -0.1) is 0 Å². The highest BCUT2D eigenvalue weighted by Crippen LogP contribution is 2.64. The first-order chi connectivity index (χ1) is 13.8. The SMILES string of the molecule is COC1(C)C(C)C23CCNC(Cc4ccc(C)c(C)c42)C3CC1C(C)(O)C(C)(C)C. The van der Waals surface area contributed by atoms with Gasteiger partial charge in [0.25, 0.3) is 0 Å². The molecular formula is C27H43NO2. The first-order valence-corrected chi connectivity index (χ1v) is 11.9. The van der Waals surface area contributed by atoms with Gasteiger partial charge in [0, 0.05) is 24.5 Å². The molecular weight excluding hydrogens is 370 g/mol.